The third-order valence-electron chi connectivity index (χ3n) is 4.14. The van der Waals surface area contributed by atoms with E-state index >= 15 is 0 Å². The zero-order valence-corrected chi connectivity index (χ0v) is 14.8. The van der Waals surface area contributed by atoms with Gasteiger partial charge < -0.3 is 15.5 Å². The number of anilines is 1. The summed E-state index contributed by atoms with van der Waals surface area (Å²) in [6.07, 6.45) is 0.0531. The maximum Gasteiger partial charge on any atom is 0.227 e. The summed E-state index contributed by atoms with van der Waals surface area (Å²) in [5.74, 6) is -1.70. The second kappa shape index (κ2) is 8.09. The van der Waals surface area contributed by atoms with Crippen LogP contribution < -0.4 is 15.5 Å². The maximum atomic E-state index is 14.1. The van der Waals surface area contributed by atoms with Crippen LogP contribution in [0.2, 0.25) is 0 Å². The number of hydrogen-bond acceptors (Lipinski definition) is 3. The summed E-state index contributed by atoms with van der Waals surface area (Å²) in [5.41, 5.74) is 0.973. The van der Waals surface area contributed by atoms with Crippen LogP contribution in [0.25, 0.3) is 0 Å². The molecule has 0 saturated carbocycles. The number of hydrogen-bond donors (Lipinski definition) is 2. The molecule has 1 fully saturated rings. The summed E-state index contributed by atoms with van der Waals surface area (Å²) in [7, 11) is 0. The molecule has 7 heteroatoms. The fourth-order valence-electron chi connectivity index (χ4n) is 2.67. The molecular weight excluding hydrogens is 325 g/mol. The van der Waals surface area contributed by atoms with Crippen molar-refractivity contribution >= 4 is 23.4 Å². The lowest BCUT2D eigenvalue weighted by Crippen LogP contribution is -2.39. The molecule has 1 aliphatic rings. The van der Waals surface area contributed by atoms with Gasteiger partial charge in [0.25, 0.3) is 0 Å². The summed E-state index contributed by atoms with van der Waals surface area (Å²) in [4.78, 5) is 37.1. The van der Waals surface area contributed by atoms with Crippen molar-refractivity contribution < 1.29 is 18.8 Å². The summed E-state index contributed by atoms with van der Waals surface area (Å²) in [6.45, 7) is 6.13. The number of nitrogens with zero attached hydrogens (tertiary/aromatic N) is 1. The highest BCUT2D eigenvalue weighted by atomic mass is 19.1. The highest BCUT2D eigenvalue weighted by Crippen LogP contribution is 2.28. The van der Waals surface area contributed by atoms with Crippen molar-refractivity contribution in [3.8, 4) is 0 Å². The molecule has 2 N–H and O–H groups in total. The standard InChI is InChI=1S/C18H24FN3O3/c1-11(2)17(24)20-6-7-21-18(25)13-9-16(23)22(10-13)15-5-4-12(3)8-14(15)19/h4-5,8,11,13H,6-7,9-10H2,1-3H3,(H,20,24)(H,21,25)/t13-/m0/s1. The number of rotatable bonds is 6. The van der Waals surface area contributed by atoms with E-state index in [1.54, 1.807) is 32.9 Å². The van der Waals surface area contributed by atoms with Gasteiger partial charge >= 0.3 is 0 Å². The lowest BCUT2D eigenvalue weighted by Gasteiger charge is -2.18. The number of carbonyl (C=O) groups is 3. The van der Waals surface area contributed by atoms with Crippen molar-refractivity contribution in [2.75, 3.05) is 24.5 Å². The van der Waals surface area contributed by atoms with Crippen LogP contribution in [0.5, 0.6) is 0 Å². The number of benzene rings is 1. The molecule has 1 aromatic carbocycles. The zero-order chi connectivity index (χ0) is 18.6. The van der Waals surface area contributed by atoms with Crippen LogP contribution in [-0.2, 0) is 14.4 Å². The Morgan fingerprint density at radius 1 is 1.28 bits per heavy atom. The van der Waals surface area contributed by atoms with E-state index in [0.29, 0.717) is 13.1 Å². The summed E-state index contributed by atoms with van der Waals surface area (Å²) < 4.78 is 14.1. The van der Waals surface area contributed by atoms with Crippen LogP contribution in [0.15, 0.2) is 18.2 Å². The van der Waals surface area contributed by atoms with Crippen molar-refractivity contribution in [3.63, 3.8) is 0 Å². The van der Waals surface area contributed by atoms with Crippen molar-refractivity contribution in [2.45, 2.75) is 27.2 Å². The Kier molecular flexibility index (Phi) is 6.12. The van der Waals surface area contributed by atoms with E-state index in [0.717, 1.165) is 5.56 Å². The number of nitrogens with one attached hydrogen (secondary N) is 2. The summed E-state index contributed by atoms with van der Waals surface area (Å²) in [6, 6.07) is 4.66. The number of amides is 3. The second-order valence-electron chi connectivity index (χ2n) is 6.60. The summed E-state index contributed by atoms with van der Waals surface area (Å²) in [5, 5.41) is 5.41. The lowest BCUT2D eigenvalue weighted by molar-refractivity contribution is -0.126. The molecule has 1 saturated heterocycles. The van der Waals surface area contributed by atoms with Crippen LogP contribution in [0.1, 0.15) is 25.8 Å². The molecule has 1 atom stereocenters. The van der Waals surface area contributed by atoms with E-state index in [1.165, 1.54) is 11.0 Å². The first-order chi connectivity index (χ1) is 11.8. The largest absolute Gasteiger partial charge is 0.354 e. The van der Waals surface area contributed by atoms with Gasteiger partial charge in [-0.1, -0.05) is 19.9 Å². The third kappa shape index (κ3) is 4.78. The maximum absolute atomic E-state index is 14.1. The minimum absolute atomic E-state index is 0.0531. The molecule has 6 nitrogen and oxygen atoms in total. The van der Waals surface area contributed by atoms with Crippen molar-refractivity contribution in [2.24, 2.45) is 11.8 Å². The SMILES string of the molecule is Cc1ccc(N2C[C@@H](C(=O)NCCNC(=O)C(C)C)CC2=O)c(F)c1. The van der Waals surface area contributed by atoms with Gasteiger partial charge in [0.1, 0.15) is 5.82 Å². The predicted molar refractivity (Wildman–Crippen MR) is 92.5 cm³/mol. The fourth-order valence-corrected chi connectivity index (χ4v) is 2.67. The Bertz CT molecular complexity index is 676. The van der Waals surface area contributed by atoms with Gasteiger partial charge in [-0.3, -0.25) is 14.4 Å². The Morgan fingerprint density at radius 2 is 1.96 bits per heavy atom. The first kappa shape index (κ1) is 18.9. The van der Waals surface area contributed by atoms with Gasteiger partial charge in [0.15, 0.2) is 0 Å². The molecule has 0 spiro atoms. The van der Waals surface area contributed by atoms with E-state index in [4.69, 9.17) is 0 Å². The minimum atomic E-state index is -0.519. The van der Waals surface area contributed by atoms with E-state index in [-0.39, 0.29) is 42.3 Å². The highest BCUT2D eigenvalue weighted by Gasteiger charge is 2.36. The average Bonchev–Trinajstić information content (AvgIpc) is 2.93. The molecule has 0 bridgehead atoms. The van der Waals surface area contributed by atoms with Crippen LogP contribution in [-0.4, -0.2) is 37.4 Å². The summed E-state index contributed by atoms with van der Waals surface area (Å²) >= 11 is 0. The molecular formula is C18H24FN3O3. The first-order valence-corrected chi connectivity index (χ1v) is 8.41. The topological polar surface area (TPSA) is 78.5 Å². The van der Waals surface area contributed by atoms with E-state index in [9.17, 15) is 18.8 Å². The second-order valence-corrected chi connectivity index (χ2v) is 6.60. The van der Waals surface area contributed by atoms with Gasteiger partial charge in [-0.25, -0.2) is 4.39 Å². The molecule has 2 rings (SSSR count). The monoisotopic (exact) mass is 349 g/mol. The van der Waals surface area contributed by atoms with Gasteiger partial charge in [-0.2, -0.15) is 0 Å². The third-order valence-corrected chi connectivity index (χ3v) is 4.14. The van der Waals surface area contributed by atoms with Crippen LogP contribution in [0, 0.1) is 24.6 Å². The molecule has 136 valence electrons. The van der Waals surface area contributed by atoms with E-state index < -0.39 is 11.7 Å². The quantitative estimate of drug-likeness (QED) is 0.762. The minimum Gasteiger partial charge on any atom is -0.354 e. The molecule has 25 heavy (non-hydrogen) atoms. The predicted octanol–water partition coefficient (Wildman–Crippen LogP) is 1.38. The molecule has 0 aromatic heterocycles. The van der Waals surface area contributed by atoms with Gasteiger partial charge in [0.2, 0.25) is 17.7 Å². The fraction of sp³-hybridized carbons (Fsp3) is 0.500. The van der Waals surface area contributed by atoms with Gasteiger partial charge in [0.05, 0.1) is 11.6 Å². The zero-order valence-electron chi connectivity index (χ0n) is 14.8. The molecule has 1 aliphatic heterocycles. The van der Waals surface area contributed by atoms with Crippen molar-refractivity contribution in [3.05, 3.63) is 29.6 Å². The number of aryl methyl sites for hydroxylation is 1. The van der Waals surface area contributed by atoms with Crippen molar-refractivity contribution in [1.29, 1.82) is 0 Å². The molecule has 1 aromatic rings. The molecule has 0 aliphatic carbocycles. The van der Waals surface area contributed by atoms with Gasteiger partial charge in [0, 0.05) is 32.0 Å². The highest BCUT2D eigenvalue weighted by molar-refractivity contribution is 6.00. The Morgan fingerprint density at radius 3 is 2.60 bits per heavy atom. The number of halogens is 1. The smallest absolute Gasteiger partial charge is 0.227 e. The number of carbonyl (C=O) groups excluding carboxylic acids is 3. The normalized spacial score (nSPS) is 17.1. The van der Waals surface area contributed by atoms with Crippen LogP contribution >= 0.6 is 0 Å². The molecule has 3 amide bonds. The molecule has 0 unspecified atom stereocenters. The Hall–Kier alpha value is -2.44. The van der Waals surface area contributed by atoms with Crippen molar-refractivity contribution in [1.82, 2.24) is 10.6 Å². The molecule has 0 radical (unpaired) electrons. The Labute approximate surface area is 146 Å². The molecule has 1 heterocycles. The van der Waals surface area contributed by atoms with Gasteiger partial charge in [-0.15, -0.1) is 0 Å². The lowest BCUT2D eigenvalue weighted by atomic mass is 10.1. The van der Waals surface area contributed by atoms with Crippen LogP contribution in [0.4, 0.5) is 10.1 Å². The van der Waals surface area contributed by atoms with E-state index in [1.807, 2.05) is 0 Å². The van der Waals surface area contributed by atoms with E-state index in [2.05, 4.69) is 10.6 Å². The van der Waals surface area contributed by atoms with Crippen LogP contribution in [0.3, 0.4) is 0 Å². The first-order valence-electron chi connectivity index (χ1n) is 8.41. The average molecular weight is 349 g/mol. The Balaban J connectivity index is 1.87. The van der Waals surface area contributed by atoms with Gasteiger partial charge in [-0.05, 0) is 24.6 Å².